The topological polar surface area (TPSA) is 79.1 Å². The number of nitrogens with zero attached hydrogens (tertiary/aromatic N) is 3. The van der Waals surface area contributed by atoms with Crippen LogP contribution in [0, 0.1) is 6.92 Å². The van der Waals surface area contributed by atoms with E-state index in [2.05, 4.69) is 56.9 Å². The van der Waals surface area contributed by atoms with Crippen LogP contribution in [0.1, 0.15) is 12.0 Å². The number of hydrogen-bond donors (Lipinski definition) is 3. The molecule has 0 aliphatic carbocycles. The average molecular weight is 286 g/mol. The molecule has 2 aromatic rings. The molecule has 6 nitrogen and oxygen atoms in total. The van der Waals surface area contributed by atoms with Crippen molar-refractivity contribution in [3.63, 3.8) is 0 Å². The predicted molar refractivity (Wildman–Crippen MR) is 87.4 cm³/mol. The molecule has 2 rings (SSSR count). The van der Waals surface area contributed by atoms with Crippen LogP contribution >= 0.6 is 0 Å². The first-order chi connectivity index (χ1) is 10.2. The largest absolute Gasteiger partial charge is 0.375 e. The van der Waals surface area contributed by atoms with E-state index < -0.39 is 0 Å². The number of rotatable bonds is 7. The summed E-state index contributed by atoms with van der Waals surface area (Å²) >= 11 is 0. The first-order valence-electron chi connectivity index (χ1n) is 7.00. The van der Waals surface area contributed by atoms with Crippen molar-refractivity contribution in [2.45, 2.75) is 13.3 Å². The number of nitrogens with two attached hydrogens (primary N) is 1. The molecule has 0 bridgehead atoms. The molecule has 112 valence electrons. The minimum absolute atomic E-state index is 0.647. The zero-order valence-electron chi connectivity index (χ0n) is 12.5. The second-order valence-corrected chi connectivity index (χ2v) is 4.88. The molecule has 1 aromatic carbocycles. The van der Waals surface area contributed by atoms with Crippen LogP contribution in [0.15, 0.2) is 36.7 Å². The maximum atomic E-state index is 5.40. The van der Waals surface area contributed by atoms with E-state index in [4.69, 9.17) is 5.84 Å². The zero-order chi connectivity index (χ0) is 15.1. The number of para-hydroxylation sites is 1. The third-order valence-electron chi connectivity index (χ3n) is 3.38. The van der Waals surface area contributed by atoms with Gasteiger partial charge in [0.15, 0.2) is 0 Å². The maximum absolute atomic E-state index is 5.40. The van der Waals surface area contributed by atoms with E-state index >= 15 is 0 Å². The van der Waals surface area contributed by atoms with Gasteiger partial charge in [0.05, 0.1) is 0 Å². The van der Waals surface area contributed by atoms with E-state index in [0.29, 0.717) is 5.82 Å². The Morgan fingerprint density at radius 3 is 2.57 bits per heavy atom. The molecule has 0 radical (unpaired) electrons. The van der Waals surface area contributed by atoms with Crippen LogP contribution in [0.25, 0.3) is 0 Å². The highest BCUT2D eigenvalue weighted by Crippen LogP contribution is 2.17. The van der Waals surface area contributed by atoms with Crippen molar-refractivity contribution in [1.82, 2.24) is 9.97 Å². The highest BCUT2D eigenvalue weighted by molar-refractivity contribution is 5.55. The van der Waals surface area contributed by atoms with Crippen LogP contribution in [0.3, 0.4) is 0 Å². The molecule has 4 N–H and O–H groups in total. The van der Waals surface area contributed by atoms with E-state index in [-0.39, 0.29) is 0 Å². The smallest absolute Gasteiger partial charge is 0.148 e. The zero-order valence-corrected chi connectivity index (χ0v) is 12.5. The van der Waals surface area contributed by atoms with Crippen LogP contribution < -0.4 is 21.5 Å². The molecular formula is C15H22N6. The standard InChI is InChI=1S/C15H22N6/c1-12-14(18-11-19-15(12)20-16)17-9-6-10-21(2)13-7-4-3-5-8-13/h3-5,7-8,11H,6,9-10,16H2,1-2H3,(H2,17,18,19,20). The van der Waals surface area contributed by atoms with Crippen LogP contribution in [-0.4, -0.2) is 30.1 Å². The Morgan fingerprint density at radius 2 is 1.86 bits per heavy atom. The van der Waals surface area contributed by atoms with Gasteiger partial charge >= 0.3 is 0 Å². The van der Waals surface area contributed by atoms with Gasteiger partial charge in [-0.05, 0) is 25.5 Å². The molecule has 0 amide bonds. The van der Waals surface area contributed by atoms with Gasteiger partial charge in [0.25, 0.3) is 0 Å². The summed E-state index contributed by atoms with van der Waals surface area (Å²) in [4.78, 5) is 10.5. The van der Waals surface area contributed by atoms with Crippen molar-refractivity contribution < 1.29 is 0 Å². The molecular weight excluding hydrogens is 264 g/mol. The minimum atomic E-state index is 0.647. The van der Waals surface area contributed by atoms with Gasteiger partial charge in [0.1, 0.15) is 18.0 Å². The van der Waals surface area contributed by atoms with Crippen molar-refractivity contribution in [3.05, 3.63) is 42.2 Å². The van der Waals surface area contributed by atoms with Crippen molar-refractivity contribution in [2.75, 3.05) is 35.8 Å². The molecule has 0 atom stereocenters. The van der Waals surface area contributed by atoms with Crippen molar-refractivity contribution in [2.24, 2.45) is 5.84 Å². The summed E-state index contributed by atoms with van der Waals surface area (Å²) in [5.41, 5.74) is 4.72. The number of aromatic nitrogens is 2. The van der Waals surface area contributed by atoms with Crippen molar-refractivity contribution in [3.8, 4) is 0 Å². The van der Waals surface area contributed by atoms with Gasteiger partial charge in [-0.15, -0.1) is 0 Å². The molecule has 21 heavy (non-hydrogen) atoms. The van der Waals surface area contributed by atoms with Gasteiger partial charge in [-0.2, -0.15) is 0 Å². The average Bonchev–Trinajstić information content (AvgIpc) is 2.53. The number of anilines is 3. The van der Waals surface area contributed by atoms with E-state index in [1.165, 1.54) is 12.0 Å². The molecule has 0 fully saturated rings. The van der Waals surface area contributed by atoms with Crippen molar-refractivity contribution in [1.29, 1.82) is 0 Å². The Morgan fingerprint density at radius 1 is 1.14 bits per heavy atom. The lowest BCUT2D eigenvalue weighted by Gasteiger charge is -2.19. The lowest BCUT2D eigenvalue weighted by molar-refractivity contribution is 0.813. The Bertz CT molecular complexity index is 557. The van der Waals surface area contributed by atoms with Gasteiger partial charge < -0.3 is 15.6 Å². The number of nitrogens with one attached hydrogen (secondary N) is 2. The summed E-state index contributed by atoms with van der Waals surface area (Å²) in [7, 11) is 2.10. The quantitative estimate of drug-likeness (QED) is 0.410. The molecule has 0 aliphatic heterocycles. The summed E-state index contributed by atoms with van der Waals surface area (Å²) < 4.78 is 0. The lowest BCUT2D eigenvalue weighted by Crippen LogP contribution is -2.21. The highest BCUT2D eigenvalue weighted by Gasteiger charge is 2.05. The number of benzene rings is 1. The molecule has 1 aromatic heterocycles. The molecule has 0 aliphatic rings. The van der Waals surface area contributed by atoms with Gasteiger partial charge in [0, 0.05) is 31.4 Å². The SMILES string of the molecule is Cc1c(NN)ncnc1NCCCN(C)c1ccccc1. The summed E-state index contributed by atoms with van der Waals surface area (Å²) in [5.74, 6) is 6.87. The second-order valence-electron chi connectivity index (χ2n) is 4.88. The summed E-state index contributed by atoms with van der Waals surface area (Å²) in [6, 6.07) is 10.4. The molecule has 6 heteroatoms. The maximum Gasteiger partial charge on any atom is 0.148 e. The lowest BCUT2D eigenvalue weighted by atomic mass is 10.2. The van der Waals surface area contributed by atoms with Crippen molar-refractivity contribution >= 4 is 17.3 Å². The molecule has 0 unspecified atom stereocenters. The Labute approximate surface area is 125 Å². The molecule has 0 saturated carbocycles. The predicted octanol–water partition coefficient (Wildman–Crippen LogP) is 2.01. The summed E-state index contributed by atoms with van der Waals surface area (Å²) in [5, 5.41) is 3.32. The third kappa shape index (κ3) is 4.06. The van der Waals surface area contributed by atoms with Crippen LogP contribution in [-0.2, 0) is 0 Å². The van der Waals surface area contributed by atoms with E-state index in [1.54, 1.807) is 0 Å². The number of hydrogen-bond acceptors (Lipinski definition) is 6. The molecule has 0 spiro atoms. The monoisotopic (exact) mass is 286 g/mol. The molecule has 1 heterocycles. The Hall–Kier alpha value is -2.34. The highest BCUT2D eigenvalue weighted by atomic mass is 15.3. The number of nitrogen functional groups attached to an aromatic ring is 1. The second kappa shape index (κ2) is 7.44. The van der Waals surface area contributed by atoms with Crippen LogP contribution in [0.2, 0.25) is 0 Å². The fourth-order valence-corrected chi connectivity index (χ4v) is 2.11. The normalized spacial score (nSPS) is 10.2. The summed E-state index contributed by atoms with van der Waals surface area (Å²) in [6.07, 6.45) is 2.51. The summed E-state index contributed by atoms with van der Waals surface area (Å²) in [6.45, 7) is 3.76. The minimum Gasteiger partial charge on any atom is -0.375 e. The Kier molecular flexibility index (Phi) is 5.34. The van der Waals surface area contributed by atoms with Crippen LogP contribution in [0.4, 0.5) is 17.3 Å². The van der Waals surface area contributed by atoms with E-state index in [0.717, 1.165) is 30.9 Å². The fraction of sp³-hybridized carbons (Fsp3) is 0.333. The first kappa shape index (κ1) is 15.1. The van der Waals surface area contributed by atoms with E-state index in [9.17, 15) is 0 Å². The van der Waals surface area contributed by atoms with Gasteiger partial charge in [-0.25, -0.2) is 15.8 Å². The fourth-order valence-electron chi connectivity index (χ4n) is 2.11. The third-order valence-corrected chi connectivity index (χ3v) is 3.38. The first-order valence-corrected chi connectivity index (χ1v) is 7.00. The number of hydrazine groups is 1. The molecule has 0 saturated heterocycles. The van der Waals surface area contributed by atoms with Gasteiger partial charge in [-0.1, -0.05) is 18.2 Å². The van der Waals surface area contributed by atoms with E-state index in [1.807, 2.05) is 13.0 Å². The van der Waals surface area contributed by atoms with Gasteiger partial charge in [0.2, 0.25) is 0 Å². The van der Waals surface area contributed by atoms with Gasteiger partial charge in [-0.3, -0.25) is 0 Å². The van der Waals surface area contributed by atoms with Crippen LogP contribution in [0.5, 0.6) is 0 Å². The Balaban J connectivity index is 1.80.